The van der Waals surface area contributed by atoms with Gasteiger partial charge >= 0.3 is 120 Å². The van der Waals surface area contributed by atoms with Crippen LogP contribution in [0.4, 0.5) is 0 Å². The Kier molecular flexibility index (Phi) is 822. The van der Waals surface area contributed by atoms with E-state index in [1.54, 1.807) is 0 Å². The van der Waals surface area contributed by atoms with Crippen LogP contribution in [0.5, 0.6) is 0 Å². The van der Waals surface area contributed by atoms with Crippen molar-refractivity contribution < 1.29 is 180 Å². The van der Waals surface area contributed by atoms with Crippen LogP contribution in [0, 0.1) is 0 Å². The third-order valence-corrected chi connectivity index (χ3v) is 0. The van der Waals surface area contributed by atoms with E-state index < -0.39 is 0 Å². The Bertz CT molecular complexity index is 16.5. The van der Waals surface area contributed by atoms with E-state index in [2.05, 4.69) is 0 Å². The van der Waals surface area contributed by atoms with Gasteiger partial charge in [-0.3, -0.25) is 0 Å². The molecule has 1 radical (unpaired) electrons. The SMILES string of the molecule is O.O.[Cl-].[Cl-].[Cl-].[Cl-].[Cu+2].[K+].[K+]. The standard InChI is InChI=1S/4ClH.Cu.2K.2H2O/h4*1H;;;;2*1H2/q;;;;+2;2*+1;;/p-4. The van der Waals surface area contributed by atoms with E-state index in [0.717, 1.165) is 0 Å². The molecule has 4 N–H and O–H groups in total. The molecular weight excluding hydrogens is 316 g/mol. The number of rotatable bonds is 0. The molecule has 0 aromatic rings. The number of halogens is 4. The van der Waals surface area contributed by atoms with Gasteiger partial charge in [-0.1, -0.05) is 0 Å². The van der Waals surface area contributed by atoms with Crippen molar-refractivity contribution in [1.29, 1.82) is 0 Å². The minimum atomic E-state index is 0. The molecule has 0 rings (SSSR count). The zero-order valence-electron chi connectivity index (χ0n) is 4.81. The van der Waals surface area contributed by atoms with Crippen LogP contribution < -0.4 is 152 Å². The minimum Gasteiger partial charge on any atom is -1.00 e. The molecule has 0 fully saturated rings. The number of hydrogen-bond donors (Lipinski definition) is 0. The Morgan fingerprint density at radius 2 is 0.444 bits per heavy atom. The molecule has 0 aliphatic heterocycles. The van der Waals surface area contributed by atoms with E-state index in [4.69, 9.17) is 0 Å². The van der Waals surface area contributed by atoms with Crippen molar-refractivity contribution in [1.82, 2.24) is 0 Å². The van der Waals surface area contributed by atoms with Crippen LogP contribution in [0.25, 0.3) is 0 Å². The van der Waals surface area contributed by atoms with Crippen LogP contribution >= 0.6 is 0 Å². The van der Waals surface area contributed by atoms with Crippen molar-refractivity contribution >= 4 is 0 Å². The molecule has 0 atom stereocenters. The Morgan fingerprint density at radius 1 is 0.444 bits per heavy atom. The predicted molar refractivity (Wildman–Crippen MR) is 7.23 cm³/mol. The van der Waals surface area contributed by atoms with Gasteiger partial charge in [-0.15, -0.1) is 0 Å². The molecule has 0 bridgehead atoms. The van der Waals surface area contributed by atoms with Gasteiger partial charge in [0.1, 0.15) is 0 Å². The molecule has 0 aromatic carbocycles. The monoisotopic (exact) mass is 317 g/mol. The Hall–Kier alpha value is 4.87. The first-order valence-corrected chi connectivity index (χ1v) is 0. The van der Waals surface area contributed by atoms with Crippen LogP contribution in [0.1, 0.15) is 0 Å². The van der Waals surface area contributed by atoms with Crippen molar-refractivity contribution in [2.24, 2.45) is 0 Å². The first-order valence-electron chi connectivity index (χ1n) is 0. The normalized spacial score (nSPS) is 0. The zero-order valence-corrected chi connectivity index (χ0v) is 15.0. The molecule has 0 unspecified atom stereocenters. The maximum absolute atomic E-state index is 0. The Labute approximate surface area is 175 Å². The van der Waals surface area contributed by atoms with Crippen LogP contribution in [0.3, 0.4) is 0 Å². The summed E-state index contributed by atoms with van der Waals surface area (Å²) in [6.07, 6.45) is 0. The predicted octanol–water partition coefficient (Wildman–Crippen LogP) is -19.6. The maximum atomic E-state index is 0. The summed E-state index contributed by atoms with van der Waals surface area (Å²) in [5.41, 5.74) is 0. The summed E-state index contributed by atoms with van der Waals surface area (Å²) in [7, 11) is 0. The molecule has 2 nitrogen and oxygen atoms in total. The largest absolute Gasteiger partial charge is 2.00 e. The second-order valence-electron chi connectivity index (χ2n) is 0. The molecule has 0 aromatic heterocycles. The van der Waals surface area contributed by atoms with Crippen LogP contribution in [0.2, 0.25) is 0 Å². The summed E-state index contributed by atoms with van der Waals surface area (Å²) in [5.74, 6) is 0. The zero-order chi connectivity index (χ0) is 0. The third-order valence-electron chi connectivity index (χ3n) is 0. The van der Waals surface area contributed by atoms with E-state index in [-0.39, 0.29) is 180 Å². The van der Waals surface area contributed by atoms with E-state index in [1.165, 1.54) is 0 Å². The molecule has 0 amide bonds. The molecule has 9 heavy (non-hydrogen) atoms. The van der Waals surface area contributed by atoms with Gasteiger partial charge in [0, 0.05) is 0 Å². The van der Waals surface area contributed by atoms with Gasteiger partial charge in [0.15, 0.2) is 0 Å². The van der Waals surface area contributed by atoms with Crippen molar-refractivity contribution in [3.63, 3.8) is 0 Å². The van der Waals surface area contributed by atoms with Crippen molar-refractivity contribution in [3.8, 4) is 0 Å². The van der Waals surface area contributed by atoms with Gasteiger partial charge < -0.3 is 60.6 Å². The fourth-order valence-electron chi connectivity index (χ4n) is 0. The molecule has 0 spiro atoms. The molecular formula is H4Cl4CuK2O2. The van der Waals surface area contributed by atoms with Gasteiger partial charge in [-0.2, -0.15) is 0 Å². The van der Waals surface area contributed by atoms with Gasteiger partial charge in [-0.05, 0) is 0 Å². The summed E-state index contributed by atoms with van der Waals surface area (Å²) in [6, 6.07) is 0. The Balaban J connectivity index is 0. The molecule has 0 saturated heterocycles. The minimum absolute atomic E-state index is 0. The van der Waals surface area contributed by atoms with Crippen LogP contribution in [-0.2, 0) is 17.1 Å². The quantitative estimate of drug-likeness (QED) is 0.398. The van der Waals surface area contributed by atoms with Gasteiger partial charge in [0.2, 0.25) is 0 Å². The van der Waals surface area contributed by atoms with E-state index >= 15 is 0 Å². The summed E-state index contributed by atoms with van der Waals surface area (Å²) < 4.78 is 0. The van der Waals surface area contributed by atoms with E-state index in [0.29, 0.717) is 0 Å². The van der Waals surface area contributed by atoms with Crippen LogP contribution in [0.15, 0.2) is 0 Å². The first-order chi connectivity index (χ1) is 0. The van der Waals surface area contributed by atoms with Gasteiger partial charge in [0.25, 0.3) is 0 Å². The molecule has 57 valence electrons. The van der Waals surface area contributed by atoms with Gasteiger partial charge in [0.05, 0.1) is 0 Å². The molecule has 0 heterocycles. The molecule has 9 heteroatoms. The summed E-state index contributed by atoms with van der Waals surface area (Å²) in [6.45, 7) is 0. The maximum Gasteiger partial charge on any atom is 2.00 e. The average molecular weight is 320 g/mol. The van der Waals surface area contributed by atoms with Crippen molar-refractivity contribution in [3.05, 3.63) is 0 Å². The fraction of sp³-hybridized carbons (Fsp3) is 0. The average Bonchev–Trinajstić information content (AvgIpc) is 0. The van der Waals surface area contributed by atoms with Gasteiger partial charge in [-0.25, -0.2) is 0 Å². The summed E-state index contributed by atoms with van der Waals surface area (Å²) in [5, 5.41) is 0. The second kappa shape index (κ2) is 76.4. The molecule has 0 saturated carbocycles. The molecule has 0 aliphatic rings. The third kappa shape index (κ3) is 64.1. The fourth-order valence-corrected chi connectivity index (χ4v) is 0. The first kappa shape index (κ1) is 96.8. The van der Waals surface area contributed by atoms with Crippen molar-refractivity contribution in [2.75, 3.05) is 0 Å². The second-order valence-corrected chi connectivity index (χ2v) is 0. The summed E-state index contributed by atoms with van der Waals surface area (Å²) >= 11 is 0. The smallest absolute Gasteiger partial charge is 1.00 e. The molecule has 0 aliphatic carbocycles. The summed E-state index contributed by atoms with van der Waals surface area (Å²) in [4.78, 5) is 0. The topological polar surface area (TPSA) is 63.0 Å². The number of hydrogen-bond acceptors (Lipinski definition) is 0. The van der Waals surface area contributed by atoms with Crippen LogP contribution in [-0.4, -0.2) is 11.0 Å². The van der Waals surface area contributed by atoms with Crippen molar-refractivity contribution in [2.45, 2.75) is 0 Å². The Morgan fingerprint density at radius 3 is 0.444 bits per heavy atom. The van der Waals surface area contributed by atoms with E-state index in [1.807, 2.05) is 0 Å². The van der Waals surface area contributed by atoms with E-state index in [9.17, 15) is 0 Å².